The first-order chi connectivity index (χ1) is 9.38. The van der Waals surface area contributed by atoms with E-state index in [-0.39, 0.29) is 12.0 Å². The van der Waals surface area contributed by atoms with E-state index in [9.17, 15) is 4.79 Å². The highest BCUT2D eigenvalue weighted by atomic mass is 16.5. The molecule has 1 atom stereocenters. The zero-order chi connectivity index (χ0) is 15.1. The Balaban J connectivity index is 2.55. The van der Waals surface area contributed by atoms with Crippen molar-refractivity contribution < 1.29 is 9.53 Å². The molecule has 0 aromatic heterocycles. The molecular weight excluding hydrogens is 252 g/mol. The lowest BCUT2D eigenvalue weighted by molar-refractivity contribution is 0.0945. The molecule has 1 N–H and O–H groups in total. The molecule has 0 unspecified atom stereocenters. The smallest absolute Gasteiger partial charge is 0.251 e. The summed E-state index contributed by atoms with van der Waals surface area (Å²) in [6.45, 7) is 7.69. The van der Waals surface area contributed by atoms with Crippen molar-refractivity contribution in [1.82, 2.24) is 10.2 Å². The molecule has 0 radical (unpaired) electrons. The molecule has 0 bridgehead atoms. The summed E-state index contributed by atoms with van der Waals surface area (Å²) in [5.74, 6) is 1.10. The van der Waals surface area contributed by atoms with Crippen LogP contribution in [0.2, 0.25) is 0 Å². The summed E-state index contributed by atoms with van der Waals surface area (Å²) in [7, 11) is 4.07. The van der Waals surface area contributed by atoms with Gasteiger partial charge in [-0.2, -0.15) is 0 Å². The normalized spacial score (nSPS) is 12.6. The molecule has 0 aliphatic heterocycles. The van der Waals surface area contributed by atoms with Crippen molar-refractivity contribution >= 4 is 5.91 Å². The number of hydrogen-bond donors (Lipinski definition) is 1. The van der Waals surface area contributed by atoms with Crippen LogP contribution in [0.25, 0.3) is 0 Å². The lowest BCUT2D eigenvalue weighted by Crippen LogP contribution is -2.32. The summed E-state index contributed by atoms with van der Waals surface area (Å²) < 4.78 is 5.60. The molecule has 0 heterocycles. The number of amides is 1. The van der Waals surface area contributed by atoms with Crippen molar-refractivity contribution in [2.24, 2.45) is 5.92 Å². The van der Waals surface area contributed by atoms with Gasteiger partial charge in [0.25, 0.3) is 5.91 Å². The number of carbonyl (C=O) groups excluding carboxylic acids is 1. The van der Waals surface area contributed by atoms with Gasteiger partial charge in [0.2, 0.25) is 0 Å². The van der Waals surface area contributed by atoms with E-state index in [1.165, 1.54) is 0 Å². The summed E-state index contributed by atoms with van der Waals surface area (Å²) in [4.78, 5) is 14.2. The van der Waals surface area contributed by atoms with Gasteiger partial charge in [0.05, 0.1) is 6.10 Å². The fourth-order valence-electron chi connectivity index (χ4n) is 2.04. The van der Waals surface area contributed by atoms with E-state index in [1.807, 2.05) is 40.1 Å². The number of nitrogens with one attached hydrogen (secondary N) is 1. The maximum atomic E-state index is 12.1. The van der Waals surface area contributed by atoms with E-state index in [0.29, 0.717) is 18.0 Å². The summed E-state index contributed by atoms with van der Waals surface area (Å²) in [6.07, 6.45) is 0.105. The van der Waals surface area contributed by atoms with Crippen LogP contribution < -0.4 is 10.1 Å². The third-order valence-electron chi connectivity index (χ3n) is 2.76. The molecule has 4 heteroatoms. The Morgan fingerprint density at radius 2 is 2.00 bits per heavy atom. The van der Waals surface area contributed by atoms with E-state index in [0.717, 1.165) is 12.3 Å². The van der Waals surface area contributed by atoms with Crippen molar-refractivity contribution in [2.45, 2.75) is 26.9 Å². The average molecular weight is 278 g/mol. The largest absolute Gasteiger partial charge is 0.491 e. The van der Waals surface area contributed by atoms with Gasteiger partial charge in [-0.25, -0.2) is 0 Å². The molecule has 1 aromatic rings. The first-order valence-electron chi connectivity index (χ1n) is 7.08. The number of ether oxygens (including phenoxy) is 1. The Kier molecular flexibility index (Phi) is 6.52. The zero-order valence-electron chi connectivity index (χ0n) is 13.1. The third-order valence-corrected chi connectivity index (χ3v) is 2.76. The summed E-state index contributed by atoms with van der Waals surface area (Å²) >= 11 is 0. The lowest BCUT2D eigenvalue weighted by Gasteiger charge is -2.17. The number of nitrogens with zero attached hydrogens (tertiary/aromatic N) is 1. The van der Waals surface area contributed by atoms with Crippen LogP contribution in [0.3, 0.4) is 0 Å². The Hall–Kier alpha value is -1.55. The topological polar surface area (TPSA) is 41.6 Å². The number of rotatable bonds is 7. The fraction of sp³-hybridized carbons (Fsp3) is 0.562. The third kappa shape index (κ3) is 6.06. The van der Waals surface area contributed by atoms with Crippen LogP contribution in [0.4, 0.5) is 0 Å². The Labute approximate surface area is 122 Å². The molecule has 0 saturated heterocycles. The summed E-state index contributed by atoms with van der Waals surface area (Å²) in [5.41, 5.74) is 0.639. The minimum absolute atomic E-state index is 0.0511. The minimum atomic E-state index is -0.0511. The monoisotopic (exact) mass is 278 g/mol. The van der Waals surface area contributed by atoms with E-state index in [2.05, 4.69) is 17.1 Å². The van der Waals surface area contributed by atoms with E-state index < -0.39 is 0 Å². The van der Waals surface area contributed by atoms with Crippen LogP contribution in [0, 0.1) is 5.92 Å². The molecule has 4 nitrogen and oxygen atoms in total. The fourth-order valence-corrected chi connectivity index (χ4v) is 2.04. The second-order valence-corrected chi connectivity index (χ2v) is 5.77. The van der Waals surface area contributed by atoms with Gasteiger partial charge in [-0.3, -0.25) is 4.79 Å². The first kappa shape index (κ1) is 16.5. The van der Waals surface area contributed by atoms with Gasteiger partial charge in [-0.1, -0.05) is 13.0 Å². The molecule has 112 valence electrons. The number of carbonyl (C=O) groups is 1. The number of hydrogen-bond acceptors (Lipinski definition) is 3. The molecule has 0 fully saturated rings. The van der Waals surface area contributed by atoms with Crippen molar-refractivity contribution in [1.29, 1.82) is 0 Å². The van der Waals surface area contributed by atoms with Gasteiger partial charge < -0.3 is 15.0 Å². The molecule has 0 saturated carbocycles. The maximum absolute atomic E-state index is 12.1. The van der Waals surface area contributed by atoms with Gasteiger partial charge in [0.15, 0.2) is 0 Å². The lowest BCUT2D eigenvalue weighted by atomic mass is 10.1. The van der Waals surface area contributed by atoms with Crippen LogP contribution in [-0.2, 0) is 0 Å². The minimum Gasteiger partial charge on any atom is -0.491 e. The van der Waals surface area contributed by atoms with Crippen molar-refractivity contribution in [3.8, 4) is 5.75 Å². The van der Waals surface area contributed by atoms with Gasteiger partial charge >= 0.3 is 0 Å². The van der Waals surface area contributed by atoms with Gasteiger partial charge in [0, 0.05) is 18.7 Å². The Morgan fingerprint density at radius 1 is 1.30 bits per heavy atom. The average Bonchev–Trinajstić information content (AvgIpc) is 2.34. The highest BCUT2D eigenvalue weighted by Crippen LogP contribution is 2.14. The molecular formula is C16H26N2O2. The molecule has 0 aliphatic carbocycles. The van der Waals surface area contributed by atoms with Crippen molar-refractivity contribution in [2.75, 3.05) is 27.2 Å². The van der Waals surface area contributed by atoms with Crippen LogP contribution in [0.5, 0.6) is 5.75 Å². The van der Waals surface area contributed by atoms with Gasteiger partial charge in [-0.15, -0.1) is 0 Å². The van der Waals surface area contributed by atoms with Crippen molar-refractivity contribution in [3.05, 3.63) is 29.8 Å². The van der Waals surface area contributed by atoms with E-state index in [1.54, 1.807) is 12.1 Å². The number of benzene rings is 1. The summed E-state index contributed by atoms with van der Waals surface area (Å²) in [6, 6.07) is 7.30. The highest BCUT2D eigenvalue weighted by Gasteiger charge is 2.09. The predicted octanol–water partition coefficient (Wildman–Crippen LogP) is 2.40. The Bertz CT molecular complexity index is 430. The quantitative estimate of drug-likeness (QED) is 0.832. The highest BCUT2D eigenvalue weighted by molar-refractivity contribution is 5.94. The van der Waals surface area contributed by atoms with Crippen molar-refractivity contribution in [3.63, 3.8) is 0 Å². The van der Waals surface area contributed by atoms with Gasteiger partial charge in [0.1, 0.15) is 5.75 Å². The van der Waals surface area contributed by atoms with E-state index >= 15 is 0 Å². The van der Waals surface area contributed by atoms with Crippen LogP contribution in [0.1, 0.15) is 31.1 Å². The van der Waals surface area contributed by atoms with Gasteiger partial charge in [-0.05, 0) is 52.1 Å². The predicted molar refractivity (Wildman–Crippen MR) is 82.3 cm³/mol. The van der Waals surface area contributed by atoms with Crippen LogP contribution in [-0.4, -0.2) is 44.1 Å². The Morgan fingerprint density at radius 3 is 2.60 bits per heavy atom. The molecule has 0 spiro atoms. The second-order valence-electron chi connectivity index (χ2n) is 5.77. The molecule has 20 heavy (non-hydrogen) atoms. The zero-order valence-corrected chi connectivity index (χ0v) is 13.1. The SMILES string of the molecule is CC(C)Oc1cccc(C(=O)NC[C@@H](C)CN(C)C)c1. The molecule has 1 rings (SSSR count). The summed E-state index contributed by atoms with van der Waals surface area (Å²) in [5, 5.41) is 2.96. The second kappa shape index (κ2) is 7.90. The molecule has 1 amide bonds. The molecule has 0 aliphatic rings. The molecule has 1 aromatic carbocycles. The van der Waals surface area contributed by atoms with Crippen LogP contribution in [0.15, 0.2) is 24.3 Å². The first-order valence-corrected chi connectivity index (χ1v) is 7.08. The standard InChI is InChI=1S/C16H26N2O2/c1-12(2)20-15-8-6-7-14(9-15)16(19)17-10-13(3)11-18(4)5/h6-9,12-13H,10-11H2,1-5H3,(H,17,19)/t13-/m1/s1. The maximum Gasteiger partial charge on any atom is 0.251 e. The van der Waals surface area contributed by atoms with Crippen LogP contribution >= 0.6 is 0 Å². The van der Waals surface area contributed by atoms with E-state index in [4.69, 9.17) is 4.74 Å².